The van der Waals surface area contributed by atoms with Crippen LogP contribution in [-0.4, -0.2) is 17.0 Å². The number of aromatic nitrogens is 1. The number of carbonyl (C=O) groups excluding carboxylic acids is 1. The number of rotatable bonds is 14. The average Bonchev–Trinajstić information content (AvgIpc) is 3.23. The van der Waals surface area contributed by atoms with Crippen molar-refractivity contribution in [3.8, 4) is 23.1 Å². The van der Waals surface area contributed by atoms with Gasteiger partial charge in [-0.3, -0.25) is 4.79 Å². The second-order valence-electron chi connectivity index (χ2n) is 9.71. The lowest BCUT2D eigenvalue weighted by Crippen LogP contribution is -2.33. The molecule has 2 N–H and O–H groups in total. The van der Waals surface area contributed by atoms with Crippen LogP contribution in [0.4, 0.5) is 5.69 Å². The van der Waals surface area contributed by atoms with E-state index in [1.54, 1.807) is 0 Å². The number of amides is 1. The summed E-state index contributed by atoms with van der Waals surface area (Å²) < 4.78 is 6.34. The summed E-state index contributed by atoms with van der Waals surface area (Å²) in [6.07, 6.45) is 8.94. The van der Waals surface area contributed by atoms with E-state index < -0.39 is 6.10 Å². The van der Waals surface area contributed by atoms with Gasteiger partial charge in [-0.2, -0.15) is 5.26 Å². The van der Waals surface area contributed by atoms with E-state index in [9.17, 15) is 10.1 Å². The molecule has 196 valence electrons. The molecule has 3 rings (SSSR count). The third-order valence-corrected chi connectivity index (χ3v) is 6.79. The molecule has 3 aromatic rings. The van der Waals surface area contributed by atoms with Crippen LogP contribution in [0.15, 0.2) is 48.5 Å². The first kappa shape index (κ1) is 28.1. The number of benzene rings is 2. The molecule has 1 atom stereocenters. The number of H-pyrrole nitrogens is 1. The third-order valence-electron chi connectivity index (χ3n) is 6.79. The van der Waals surface area contributed by atoms with Gasteiger partial charge in [0.1, 0.15) is 17.4 Å². The minimum absolute atomic E-state index is 0.243. The molecule has 0 radical (unpaired) electrons. The molecule has 5 heteroatoms. The summed E-state index contributed by atoms with van der Waals surface area (Å²) in [5.74, 6) is 0.542. The molecular weight excluding hydrogens is 458 g/mol. The number of hydrogen-bond donors (Lipinski definition) is 2. The fourth-order valence-corrected chi connectivity index (χ4v) is 4.64. The average molecular weight is 500 g/mol. The minimum atomic E-state index is -0.656. The summed E-state index contributed by atoms with van der Waals surface area (Å²) in [6.45, 7) is 8.25. The molecule has 1 unspecified atom stereocenters. The maximum absolute atomic E-state index is 13.4. The van der Waals surface area contributed by atoms with Crippen molar-refractivity contribution >= 4 is 11.6 Å². The molecule has 0 aliphatic carbocycles. The molecule has 0 saturated heterocycles. The highest BCUT2D eigenvalue weighted by Crippen LogP contribution is 2.32. The molecule has 2 aromatic carbocycles. The van der Waals surface area contributed by atoms with Gasteiger partial charge in [0, 0.05) is 5.69 Å². The van der Waals surface area contributed by atoms with Crippen LogP contribution in [0.5, 0.6) is 5.75 Å². The highest BCUT2D eigenvalue weighted by Gasteiger charge is 2.24. The van der Waals surface area contributed by atoms with Gasteiger partial charge < -0.3 is 15.0 Å². The summed E-state index contributed by atoms with van der Waals surface area (Å²) in [6, 6.07) is 18.4. The van der Waals surface area contributed by atoms with Gasteiger partial charge in [0.25, 0.3) is 5.91 Å². The number of nitrogens with one attached hydrogen (secondary N) is 2. The second-order valence-corrected chi connectivity index (χ2v) is 9.71. The molecule has 0 saturated carbocycles. The lowest BCUT2D eigenvalue weighted by molar-refractivity contribution is -0.122. The molecule has 1 heterocycles. The molecule has 1 amide bonds. The van der Waals surface area contributed by atoms with Gasteiger partial charge in [-0.15, -0.1) is 0 Å². The largest absolute Gasteiger partial charge is 0.480 e. The smallest absolute Gasteiger partial charge is 0.265 e. The zero-order valence-electron chi connectivity index (χ0n) is 22.8. The maximum atomic E-state index is 13.4. The van der Waals surface area contributed by atoms with Crippen molar-refractivity contribution in [3.05, 3.63) is 70.9 Å². The quantitative estimate of drug-likeness (QED) is 0.220. The lowest BCUT2D eigenvalue weighted by atomic mass is 10.00. The standard InChI is InChI=1S/C32H41N3O2/c1-5-8-11-15-24-19-20-29(26(21-24)18-12-9-6-2)37-28(7-3)32(36)35-30-23(4)34-31(27(30)22-33)25-16-13-10-14-17-25/h10,13-14,16-17,19-21,28,34H,5-9,11-12,15,18H2,1-4H3,(H,35,36). The number of aryl methyl sites for hydroxylation is 3. The van der Waals surface area contributed by atoms with Crippen molar-refractivity contribution < 1.29 is 9.53 Å². The molecule has 0 aliphatic rings. The van der Waals surface area contributed by atoms with Crippen LogP contribution >= 0.6 is 0 Å². The van der Waals surface area contributed by atoms with Gasteiger partial charge in [-0.1, -0.05) is 88.9 Å². The van der Waals surface area contributed by atoms with Crippen LogP contribution in [0.25, 0.3) is 11.3 Å². The zero-order chi connectivity index (χ0) is 26.6. The Morgan fingerprint density at radius 1 is 1.00 bits per heavy atom. The van der Waals surface area contributed by atoms with Gasteiger partial charge >= 0.3 is 0 Å². The predicted octanol–water partition coefficient (Wildman–Crippen LogP) is 8.12. The Morgan fingerprint density at radius 3 is 2.35 bits per heavy atom. The molecule has 0 bridgehead atoms. The van der Waals surface area contributed by atoms with Crippen LogP contribution in [0.2, 0.25) is 0 Å². The number of anilines is 1. The van der Waals surface area contributed by atoms with Crippen molar-refractivity contribution in [1.82, 2.24) is 4.98 Å². The highest BCUT2D eigenvalue weighted by atomic mass is 16.5. The van der Waals surface area contributed by atoms with Gasteiger partial charge in [0.2, 0.25) is 0 Å². The Bertz CT molecular complexity index is 1190. The lowest BCUT2D eigenvalue weighted by Gasteiger charge is -2.20. The van der Waals surface area contributed by atoms with E-state index in [0.717, 1.165) is 42.7 Å². The fraction of sp³-hybridized carbons (Fsp3) is 0.438. The van der Waals surface area contributed by atoms with E-state index in [0.29, 0.717) is 23.4 Å². The van der Waals surface area contributed by atoms with Gasteiger partial charge in [0.15, 0.2) is 6.10 Å². The maximum Gasteiger partial charge on any atom is 0.265 e. The summed E-state index contributed by atoms with van der Waals surface area (Å²) in [5.41, 5.74) is 5.82. The number of carbonyl (C=O) groups is 1. The first-order valence-corrected chi connectivity index (χ1v) is 13.8. The minimum Gasteiger partial charge on any atom is -0.480 e. The predicted molar refractivity (Wildman–Crippen MR) is 152 cm³/mol. The Balaban J connectivity index is 1.80. The topological polar surface area (TPSA) is 77.9 Å². The summed E-state index contributed by atoms with van der Waals surface area (Å²) in [7, 11) is 0. The van der Waals surface area contributed by atoms with E-state index in [1.165, 1.54) is 36.8 Å². The molecule has 0 aliphatic heterocycles. The first-order valence-electron chi connectivity index (χ1n) is 13.8. The number of aromatic amines is 1. The second kappa shape index (κ2) is 14.3. The number of nitrogens with zero attached hydrogens (tertiary/aromatic N) is 1. The Labute approximate surface area is 222 Å². The number of unbranched alkanes of at least 4 members (excludes halogenated alkanes) is 4. The van der Waals surface area contributed by atoms with Crippen molar-refractivity contribution in [2.75, 3.05) is 5.32 Å². The van der Waals surface area contributed by atoms with E-state index in [-0.39, 0.29) is 5.91 Å². The van der Waals surface area contributed by atoms with Crippen molar-refractivity contribution in [3.63, 3.8) is 0 Å². The number of hydrogen-bond acceptors (Lipinski definition) is 3. The Kier molecular flexibility index (Phi) is 10.8. The summed E-state index contributed by atoms with van der Waals surface area (Å²) in [4.78, 5) is 16.6. The number of nitriles is 1. The van der Waals surface area contributed by atoms with Crippen molar-refractivity contribution in [1.29, 1.82) is 5.26 Å². The van der Waals surface area contributed by atoms with Crippen molar-refractivity contribution in [2.24, 2.45) is 0 Å². The molecular formula is C32H41N3O2. The fourth-order valence-electron chi connectivity index (χ4n) is 4.64. The van der Waals surface area contributed by atoms with E-state index >= 15 is 0 Å². The van der Waals surface area contributed by atoms with Crippen LogP contribution in [0.1, 0.15) is 88.1 Å². The Morgan fingerprint density at radius 2 is 1.70 bits per heavy atom. The molecule has 37 heavy (non-hydrogen) atoms. The van der Waals surface area contributed by atoms with Crippen LogP contribution in [-0.2, 0) is 17.6 Å². The number of ether oxygens (including phenoxy) is 1. The zero-order valence-corrected chi connectivity index (χ0v) is 22.8. The normalized spacial score (nSPS) is 11.6. The summed E-state index contributed by atoms with van der Waals surface area (Å²) >= 11 is 0. The van der Waals surface area contributed by atoms with E-state index in [1.807, 2.05) is 50.2 Å². The SMILES string of the molecule is CCCCCc1ccc(OC(CC)C(=O)Nc2c(C)[nH]c(-c3ccccc3)c2C#N)c(CCCCC)c1. The molecule has 5 nitrogen and oxygen atoms in total. The molecule has 0 spiro atoms. The van der Waals surface area contributed by atoms with Gasteiger partial charge in [-0.25, -0.2) is 0 Å². The monoisotopic (exact) mass is 499 g/mol. The van der Waals surface area contributed by atoms with Gasteiger partial charge in [-0.05, 0) is 61.8 Å². The van der Waals surface area contributed by atoms with Gasteiger partial charge in [0.05, 0.1) is 11.4 Å². The third kappa shape index (κ3) is 7.49. The first-order chi connectivity index (χ1) is 18.0. The Hall–Kier alpha value is -3.52. The molecule has 1 aromatic heterocycles. The van der Waals surface area contributed by atoms with E-state index in [2.05, 4.69) is 42.4 Å². The van der Waals surface area contributed by atoms with Crippen LogP contribution in [0.3, 0.4) is 0 Å². The van der Waals surface area contributed by atoms with Crippen molar-refractivity contribution in [2.45, 2.75) is 91.6 Å². The van der Waals surface area contributed by atoms with Crippen LogP contribution < -0.4 is 10.1 Å². The molecule has 0 fully saturated rings. The highest BCUT2D eigenvalue weighted by molar-refractivity contribution is 5.97. The van der Waals surface area contributed by atoms with E-state index in [4.69, 9.17) is 4.74 Å². The van der Waals surface area contributed by atoms with Crippen LogP contribution in [0, 0.1) is 18.3 Å². The summed E-state index contributed by atoms with van der Waals surface area (Å²) in [5, 5.41) is 12.9.